The van der Waals surface area contributed by atoms with E-state index < -0.39 is 11.7 Å². The summed E-state index contributed by atoms with van der Waals surface area (Å²) in [6.45, 7) is 0. The number of nitrogens with zero attached hydrogens (tertiary/aromatic N) is 1. The first-order chi connectivity index (χ1) is 7.07. The summed E-state index contributed by atoms with van der Waals surface area (Å²) >= 11 is 0. The van der Waals surface area contributed by atoms with Gasteiger partial charge in [0.2, 0.25) is 0 Å². The van der Waals surface area contributed by atoms with Crippen molar-refractivity contribution in [2.24, 2.45) is 0 Å². The second kappa shape index (κ2) is 3.42. The van der Waals surface area contributed by atoms with Crippen molar-refractivity contribution in [3.8, 4) is 11.3 Å². The molecule has 0 saturated heterocycles. The van der Waals surface area contributed by atoms with Crippen LogP contribution in [0.25, 0.3) is 11.3 Å². The maximum Gasteiger partial charge on any atom is 0.416 e. The molecule has 1 radical (unpaired) electrons. The largest absolute Gasteiger partial charge is 0.416 e. The zero-order valence-electron chi connectivity index (χ0n) is 7.47. The fourth-order valence-corrected chi connectivity index (χ4v) is 1.20. The van der Waals surface area contributed by atoms with E-state index in [1.54, 1.807) is 6.20 Å². The van der Waals surface area contributed by atoms with E-state index in [4.69, 9.17) is 0 Å². The third-order valence-electron chi connectivity index (χ3n) is 1.96. The Balaban J connectivity index is 2.33. The first kappa shape index (κ1) is 9.76. The lowest BCUT2D eigenvalue weighted by molar-refractivity contribution is -0.137. The van der Waals surface area contributed by atoms with Crippen molar-refractivity contribution < 1.29 is 13.2 Å². The number of halogens is 3. The molecular weight excluding hydrogens is 205 g/mol. The molecule has 2 nitrogen and oxygen atoms in total. The fourth-order valence-electron chi connectivity index (χ4n) is 1.20. The van der Waals surface area contributed by atoms with Crippen molar-refractivity contribution in [3.05, 3.63) is 42.4 Å². The molecule has 0 unspecified atom stereocenters. The third kappa shape index (κ3) is 2.01. The van der Waals surface area contributed by atoms with Crippen LogP contribution in [0.4, 0.5) is 13.2 Å². The summed E-state index contributed by atoms with van der Waals surface area (Å²) < 4.78 is 36.7. The van der Waals surface area contributed by atoms with Crippen molar-refractivity contribution >= 4 is 0 Å². The molecule has 1 heterocycles. The lowest BCUT2D eigenvalue weighted by Gasteiger charge is -2.06. The van der Waals surface area contributed by atoms with E-state index >= 15 is 0 Å². The molecule has 0 aliphatic heterocycles. The summed E-state index contributed by atoms with van der Waals surface area (Å²) in [5.74, 6) is 0. The van der Waals surface area contributed by atoms with E-state index in [1.807, 2.05) is 0 Å². The van der Waals surface area contributed by atoms with Gasteiger partial charge in [0.25, 0.3) is 0 Å². The Morgan fingerprint density at radius 3 is 2.27 bits per heavy atom. The normalized spacial score (nSPS) is 11.7. The zero-order valence-corrected chi connectivity index (χ0v) is 7.47. The number of nitrogens with one attached hydrogen (secondary N) is 1. The molecule has 5 heteroatoms. The van der Waals surface area contributed by atoms with E-state index in [0.717, 1.165) is 12.1 Å². The van der Waals surface area contributed by atoms with E-state index in [-0.39, 0.29) is 0 Å². The van der Waals surface area contributed by atoms with Gasteiger partial charge in [-0.15, -0.1) is 0 Å². The highest BCUT2D eigenvalue weighted by atomic mass is 19.4. The Morgan fingerprint density at radius 1 is 1.13 bits per heavy atom. The minimum Gasteiger partial charge on any atom is -0.341 e. The molecule has 0 spiro atoms. The fraction of sp³-hybridized carbons (Fsp3) is 0.100. The molecule has 1 N–H and O–H groups in total. The molecule has 0 saturated carbocycles. The predicted octanol–water partition coefficient (Wildman–Crippen LogP) is 2.90. The van der Waals surface area contributed by atoms with Crippen LogP contribution in [-0.2, 0) is 6.18 Å². The smallest absolute Gasteiger partial charge is 0.341 e. The van der Waals surface area contributed by atoms with Gasteiger partial charge in [-0.25, -0.2) is 4.98 Å². The Bertz CT molecular complexity index is 429. The molecule has 0 bridgehead atoms. The van der Waals surface area contributed by atoms with Gasteiger partial charge in [0.1, 0.15) is 0 Å². The van der Waals surface area contributed by atoms with E-state index in [0.29, 0.717) is 11.3 Å². The Labute approximate surface area is 83.8 Å². The average Bonchev–Trinajstić information content (AvgIpc) is 2.69. The molecule has 15 heavy (non-hydrogen) atoms. The van der Waals surface area contributed by atoms with Gasteiger partial charge in [-0.3, -0.25) is 0 Å². The molecule has 0 aliphatic carbocycles. The Morgan fingerprint density at radius 2 is 1.80 bits per heavy atom. The molecule has 2 rings (SSSR count). The van der Waals surface area contributed by atoms with E-state index in [1.165, 1.54) is 12.1 Å². The van der Waals surface area contributed by atoms with Crippen LogP contribution in [0, 0.1) is 6.33 Å². The second-order valence-electron chi connectivity index (χ2n) is 2.97. The molecule has 1 aromatic heterocycles. The average molecular weight is 211 g/mol. The van der Waals surface area contributed by atoms with Gasteiger partial charge in [-0.1, -0.05) is 12.1 Å². The molecule has 0 fully saturated rings. The van der Waals surface area contributed by atoms with Crippen molar-refractivity contribution in [2.75, 3.05) is 0 Å². The minimum atomic E-state index is -4.30. The highest BCUT2D eigenvalue weighted by molar-refractivity contribution is 5.58. The summed E-state index contributed by atoms with van der Waals surface area (Å²) in [6, 6.07) is 4.83. The van der Waals surface area contributed by atoms with Crippen LogP contribution in [0.3, 0.4) is 0 Å². The number of aromatic amines is 1. The van der Waals surface area contributed by atoms with Crippen LogP contribution in [-0.4, -0.2) is 9.97 Å². The highest BCUT2D eigenvalue weighted by Crippen LogP contribution is 2.30. The monoisotopic (exact) mass is 211 g/mol. The Kier molecular flexibility index (Phi) is 2.22. The lowest BCUT2D eigenvalue weighted by Crippen LogP contribution is -2.03. The van der Waals surface area contributed by atoms with Crippen LogP contribution >= 0.6 is 0 Å². The topological polar surface area (TPSA) is 28.7 Å². The van der Waals surface area contributed by atoms with Gasteiger partial charge in [-0.05, 0) is 12.1 Å². The van der Waals surface area contributed by atoms with Crippen LogP contribution in [0.2, 0.25) is 0 Å². The quantitative estimate of drug-likeness (QED) is 0.771. The Hall–Kier alpha value is -1.78. The maximum atomic E-state index is 12.2. The number of benzene rings is 1. The molecule has 0 atom stereocenters. The van der Waals surface area contributed by atoms with E-state index in [2.05, 4.69) is 16.3 Å². The highest BCUT2D eigenvalue weighted by Gasteiger charge is 2.29. The van der Waals surface area contributed by atoms with Crippen molar-refractivity contribution in [1.29, 1.82) is 0 Å². The van der Waals surface area contributed by atoms with Gasteiger partial charge in [-0.2, -0.15) is 13.2 Å². The zero-order chi connectivity index (χ0) is 10.9. The summed E-state index contributed by atoms with van der Waals surface area (Å²) in [6.07, 6.45) is -0.248. The molecule has 1 aromatic carbocycles. The number of rotatable bonds is 1. The van der Waals surface area contributed by atoms with Crippen molar-refractivity contribution in [3.63, 3.8) is 0 Å². The van der Waals surface area contributed by atoms with Gasteiger partial charge in [0, 0.05) is 11.8 Å². The van der Waals surface area contributed by atoms with Crippen LogP contribution in [0.1, 0.15) is 5.56 Å². The standard InChI is InChI=1S/C10H6F3N2/c11-10(12,13)8-3-1-7(2-4-8)9-5-14-6-15-9/h1-5H,(H,14,15). The SMILES string of the molecule is FC(F)(F)c1ccc(-c2c[nH][c]n2)cc1. The van der Waals surface area contributed by atoms with Gasteiger partial charge in [0.15, 0.2) is 6.33 Å². The lowest BCUT2D eigenvalue weighted by atomic mass is 10.1. The number of alkyl halides is 3. The number of hydrogen-bond acceptors (Lipinski definition) is 1. The van der Waals surface area contributed by atoms with Crippen molar-refractivity contribution in [2.45, 2.75) is 6.18 Å². The molecular formula is C10H6F3N2. The summed E-state index contributed by atoms with van der Waals surface area (Å²) in [5.41, 5.74) is 0.537. The molecule has 0 aliphatic rings. The van der Waals surface area contributed by atoms with Crippen LogP contribution in [0.15, 0.2) is 30.5 Å². The third-order valence-corrected chi connectivity index (χ3v) is 1.96. The van der Waals surface area contributed by atoms with Crippen LogP contribution < -0.4 is 0 Å². The van der Waals surface area contributed by atoms with E-state index in [9.17, 15) is 13.2 Å². The van der Waals surface area contributed by atoms with Gasteiger partial charge < -0.3 is 4.98 Å². The number of imidazole rings is 1. The van der Waals surface area contributed by atoms with Crippen LogP contribution in [0.5, 0.6) is 0 Å². The van der Waals surface area contributed by atoms with Gasteiger partial charge >= 0.3 is 6.18 Å². The molecule has 0 amide bonds. The second-order valence-corrected chi connectivity index (χ2v) is 2.97. The summed E-state index contributed by atoms with van der Waals surface area (Å²) in [4.78, 5) is 6.43. The first-order valence-electron chi connectivity index (χ1n) is 4.16. The number of hydrogen-bond donors (Lipinski definition) is 1. The summed E-state index contributed by atoms with van der Waals surface area (Å²) in [5, 5.41) is 0. The number of H-pyrrole nitrogens is 1. The first-order valence-corrected chi connectivity index (χ1v) is 4.16. The van der Waals surface area contributed by atoms with Crippen molar-refractivity contribution in [1.82, 2.24) is 9.97 Å². The predicted molar refractivity (Wildman–Crippen MR) is 47.9 cm³/mol. The number of aromatic nitrogens is 2. The minimum absolute atomic E-state index is 0.573. The molecule has 77 valence electrons. The van der Waals surface area contributed by atoms with Gasteiger partial charge in [0.05, 0.1) is 11.3 Å². The maximum absolute atomic E-state index is 12.2. The summed E-state index contributed by atoms with van der Waals surface area (Å²) in [7, 11) is 0. The molecule has 2 aromatic rings.